The average molecular weight is 192 g/mol. The summed E-state index contributed by atoms with van der Waals surface area (Å²) in [5.41, 5.74) is 0.212. The third kappa shape index (κ3) is 1.39. The van der Waals surface area contributed by atoms with Crippen LogP contribution in [0.25, 0.3) is 11.4 Å². The molecule has 0 unspecified atom stereocenters. The first-order valence-corrected chi connectivity index (χ1v) is 3.85. The highest BCUT2D eigenvalue weighted by atomic mass is 19.1. The zero-order chi connectivity index (χ0) is 9.97. The number of aromatic nitrogens is 2. The second-order valence-corrected chi connectivity index (χ2v) is 2.55. The van der Waals surface area contributed by atoms with Gasteiger partial charge in [0.25, 0.3) is 5.89 Å². The first-order chi connectivity index (χ1) is 6.81. The van der Waals surface area contributed by atoms with Gasteiger partial charge in [-0.05, 0) is 12.1 Å². The SMILES string of the molecule is O=Cc1nc(-c2ccccc2F)no1. The number of halogens is 1. The maximum Gasteiger partial charge on any atom is 0.291 e. The van der Waals surface area contributed by atoms with E-state index < -0.39 is 5.82 Å². The largest absolute Gasteiger partial charge is 0.331 e. The third-order valence-corrected chi connectivity index (χ3v) is 1.66. The van der Waals surface area contributed by atoms with Crippen LogP contribution in [0.3, 0.4) is 0 Å². The zero-order valence-electron chi connectivity index (χ0n) is 6.98. The molecule has 0 amide bonds. The van der Waals surface area contributed by atoms with Crippen LogP contribution in [0.1, 0.15) is 10.7 Å². The Labute approximate surface area is 78.4 Å². The second kappa shape index (κ2) is 3.37. The summed E-state index contributed by atoms with van der Waals surface area (Å²) in [7, 11) is 0. The highest BCUT2D eigenvalue weighted by Crippen LogP contribution is 2.18. The summed E-state index contributed by atoms with van der Waals surface area (Å²) in [5.74, 6) is -0.542. The zero-order valence-corrected chi connectivity index (χ0v) is 6.98. The van der Waals surface area contributed by atoms with Gasteiger partial charge < -0.3 is 4.52 Å². The molecule has 1 aromatic heterocycles. The fourth-order valence-corrected chi connectivity index (χ4v) is 1.04. The molecule has 70 valence electrons. The molecule has 0 radical (unpaired) electrons. The third-order valence-electron chi connectivity index (χ3n) is 1.66. The predicted octanol–water partition coefficient (Wildman–Crippen LogP) is 1.69. The van der Waals surface area contributed by atoms with E-state index in [0.29, 0.717) is 6.29 Å². The van der Waals surface area contributed by atoms with Gasteiger partial charge in [-0.25, -0.2) is 4.39 Å². The lowest BCUT2D eigenvalue weighted by Crippen LogP contribution is -1.86. The fraction of sp³-hybridized carbons (Fsp3) is 0. The smallest absolute Gasteiger partial charge is 0.291 e. The van der Waals surface area contributed by atoms with E-state index in [1.807, 2.05) is 0 Å². The minimum atomic E-state index is -0.453. The number of carbonyl (C=O) groups excluding carboxylic acids is 1. The first-order valence-electron chi connectivity index (χ1n) is 3.85. The number of hydrogen-bond acceptors (Lipinski definition) is 4. The van der Waals surface area contributed by atoms with Crippen LogP contribution >= 0.6 is 0 Å². The molecule has 0 aliphatic heterocycles. The van der Waals surface area contributed by atoms with Gasteiger partial charge in [0, 0.05) is 0 Å². The molecule has 2 rings (SSSR count). The van der Waals surface area contributed by atoms with Crippen molar-refractivity contribution in [2.24, 2.45) is 0 Å². The molecule has 14 heavy (non-hydrogen) atoms. The summed E-state index contributed by atoms with van der Waals surface area (Å²) in [6.45, 7) is 0. The van der Waals surface area contributed by atoms with Gasteiger partial charge in [0.2, 0.25) is 12.1 Å². The molecule has 0 spiro atoms. The van der Waals surface area contributed by atoms with Crippen molar-refractivity contribution in [2.45, 2.75) is 0 Å². The topological polar surface area (TPSA) is 56.0 Å². The molecule has 0 atom stereocenters. The average Bonchev–Trinajstić information content (AvgIpc) is 2.67. The van der Waals surface area contributed by atoms with Gasteiger partial charge in [0.1, 0.15) is 5.82 Å². The summed E-state index contributed by atoms with van der Waals surface area (Å²) < 4.78 is 17.7. The monoisotopic (exact) mass is 192 g/mol. The lowest BCUT2D eigenvalue weighted by Gasteiger charge is -1.94. The molecule has 1 heterocycles. The van der Waals surface area contributed by atoms with Gasteiger partial charge in [0.05, 0.1) is 5.56 Å². The second-order valence-electron chi connectivity index (χ2n) is 2.55. The summed E-state index contributed by atoms with van der Waals surface area (Å²) in [6, 6.07) is 6.00. The lowest BCUT2D eigenvalue weighted by molar-refractivity contribution is 0.108. The van der Waals surface area contributed by atoms with Crippen molar-refractivity contribution in [1.29, 1.82) is 0 Å². The normalized spacial score (nSPS) is 10.1. The van der Waals surface area contributed by atoms with Gasteiger partial charge >= 0.3 is 0 Å². The molecule has 4 nitrogen and oxygen atoms in total. The molecule has 0 aliphatic rings. The molecule has 5 heteroatoms. The Balaban J connectivity index is 2.49. The van der Waals surface area contributed by atoms with E-state index in [1.165, 1.54) is 12.1 Å². The molecule has 2 aromatic rings. The standard InChI is InChI=1S/C9H5FN2O2/c10-7-4-2-1-3-6(7)9-11-8(5-13)14-12-9/h1-5H. The Bertz CT molecular complexity index is 467. The fourth-order valence-electron chi connectivity index (χ4n) is 1.04. The summed E-state index contributed by atoms with van der Waals surface area (Å²) >= 11 is 0. The summed E-state index contributed by atoms with van der Waals surface area (Å²) in [4.78, 5) is 13.9. The Morgan fingerprint density at radius 1 is 1.36 bits per heavy atom. The number of hydrogen-bond donors (Lipinski definition) is 0. The van der Waals surface area contributed by atoms with Gasteiger partial charge in [-0.2, -0.15) is 4.98 Å². The van der Waals surface area contributed by atoms with Crippen molar-refractivity contribution in [3.05, 3.63) is 36.0 Å². The van der Waals surface area contributed by atoms with Crippen molar-refractivity contribution < 1.29 is 13.7 Å². The van der Waals surface area contributed by atoms with Crippen molar-refractivity contribution >= 4 is 6.29 Å². The van der Waals surface area contributed by atoms with Gasteiger partial charge in [0.15, 0.2) is 0 Å². The quantitative estimate of drug-likeness (QED) is 0.679. The maximum absolute atomic E-state index is 13.2. The summed E-state index contributed by atoms with van der Waals surface area (Å²) in [5, 5.41) is 3.46. The van der Waals surface area contributed by atoms with Crippen LogP contribution in [0.5, 0.6) is 0 Å². The van der Waals surface area contributed by atoms with Crippen molar-refractivity contribution in [1.82, 2.24) is 10.1 Å². The van der Waals surface area contributed by atoms with Gasteiger partial charge in [-0.15, -0.1) is 0 Å². The van der Waals surface area contributed by atoms with Crippen LogP contribution in [0.4, 0.5) is 4.39 Å². The summed E-state index contributed by atoms with van der Waals surface area (Å²) in [6.07, 6.45) is 0.414. The van der Waals surface area contributed by atoms with E-state index in [2.05, 4.69) is 14.7 Å². The number of aldehydes is 1. The number of nitrogens with zero attached hydrogens (tertiary/aromatic N) is 2. The minimum absolute atomic E-state index is 0.0743. The van der Waals surface area contributed by atoms with E-state index in [-0.39, 0.29) is 17.3 Å². The lowest BCUT2D eigenvalue weighted by atomic mass is 10.2. The van der Waals surface area contributed by atoms with E-state index in [0.717, 1.165) is 0 Å². The van der Waals surface area contributed by atoms with Crippen LogP contribution in [0, 0.1) is 5.82 Å². The Hall–Kier alpha value is -2.04. The first kappa shape index (κ1) is 8.55. The Morgan fingerprint density at radius 2 is 2.14 bits per heavy atom. The molecule has 0 saturated heterocycles. The number of rotatable bonds is 2. The van der Waals surface area contributed by atoms with Crippen LogP contribution in [0.2, 0.25) is 0 Å². The van der Waals surface area contributed by atoms with E-state index in [1.54, 1.807) is 12.1 Å². The molecule has 0 saturated carbocycles. The molecule has 0 aliphatic carbocycles. The van der Waals surface area contributed by atoms with E-state index in [9.17, 15) is 9.18 Å². The van der Waals surface area contributed by atoms with Crippen LogP contribution in [-0.4, -0.2) is 16.4 Å². The molecular formula is C9H5FN2O2. The molecule has 0 bridgehead atoms. The molecule has 1 aromatic carbocycles. The Morgan fingerprint density at radius 3 is 2.79 bits per heavy atom. The van der Waals surface area contributed by atoms with Crippen molar-refractivity contribution in [3.63, 3.8) is 0 Å². The van der Waals surface area contributed by atoms with Crippen LogP contribution in [0.15, 0.2) is 28.8 Å². The molecular weight excluding hydrogens is 187 g/mol. The van der Waals surface area contributed by atoms with Crippen molar-refractivity contribution in [3.8, 4) is 11.4 Å². The number of benzene rings is 1. The predicted molar refractivity (Wildman–Crippen MR) is 45.1 cm³/mol. The van der Waals surface area contributed by atoms with Crippen molar-refractivity contribution in [2.75, 3.05) is 0 Å². The van der Waals surface area contributed by atoms with Gasteiger partial charge in [-0.1, -0.05) is 17.3 Å². The van der Waals surface area contributed by atoms with E-state index >= 15 is 0 Å². The van der Waals surface area contributed by atoms with E-state index in [4.69, 9.17) is 0 Å². The highest BCUT2D eigenvalue weighted by Gasteiger charge is 2.10. The van der Waals surface area contributed by atoms with Crippen LogP contribution in [-0.2, 0) is 0 Å². The molecule has 0 fully saturated rings. The highest BCUT2D eigenvalue weighted by molar-refractivity contribution is 5.69. The van der Waals surface area contributed by atoms with Gasteiger partial charge in [-0.3, -0.25) is 4.79 Å². The Kier molecular flexibility index (Phi) is 2.06. The molecule has 0 N–H and O–H groups in total. The van der Waals surface area contributed by atoms with Crippen LogP contribution < -0.4 is 0 Å². The number of carbonyl (C=O) groups is 1. The maximum atomic E-state index is 13.2. The minimum Gasteiger partial charge on any atom is -0.331 e.